The molecule has 1 saturated heterocycles. The molecule has 0 bridgehead atoms. The Morgan fingerprint density at radius 3 is 2.28 bits per heavy atom. The number of amides is 2. The van der Waals surface area contributed by atoms with Gasteiger partial charge in [0.1, 0.15) is 23.9 Å². The van der Waals surface area contributed by atoms with E-state index in [4.69, 9.17) is 9.47 Å². The Balaban J connectivity index is 1.28. The molecule has 188 valence electrons. The molecule has 7 heteroatoms. The minimum absolute atomic E-state index is 0.0743. The molecular weight excluding hydrogens is 459 g/mol. The van der Waals surface area contributed by atoms with Crippen molar-refractivity contribution in [1.29, 1.82) is 0 Å². The van der Waals surface area contributed by atoms with E-state index in [1.54, 1.807) is 48.4 Å². The van der Waals surface area contributed by atoms with E-state index in [2.05, 4.69) is 0 Å². The monoisotopic (exact) mass is 490 g/mol. The minimum Gasteiger partial charge on any atom is -0.497 e. The highest BCUT2D eigenvalue weighted by molar-refractivity contribution is 5.94. The molecule has 0 aliphatic carbocycles. The van der Waals surface area contributed by atoms with Crippen LogP contribution in [0, 0.1) is 5.82 Å². The largest absolute Gasteiger partial charge is 0.497 e. The van der Waals surface area contributed by atoms with Crippen LogP contribution in [0.4, 0.5) is 4.39 Å². The summed E-state index contributed by atoms with van der Waals surface area (Å²) in [5.74, 6) is 1.12. The Hall–Kier alpha value is -3.87. The lowest BCUT2D eigenvalue weighted by Gasteiger charge is -2.22. The second-order valence-corrected chi connectivity index (χ2v) is 8.82. The Labute approximate surface area is 211 Å². The fourth-order valence-corrected chi connectivity index (χ4v) is 4.22. The zero-order valence-electron chi connectivity index (χ0n) is 20.5. The average Bonchev–Trinajstić information content (AvgIpc) is 3.18. The molecule has 4 rings (SSSR count). The highest BCUT2D eigenvalue weighted by atomic mass is 19.1. The molecule has 1 aliphatic heterocycles. The van der Waals surface area contributed by atoms with Crippen LogP contribution in [0.5, 0.6) is 11.5 Å². The molecule has 1 heterocycles. The first-order valence-corrected chi connectivity index (χ1v) is 12.2. The summed E-state index contributed by atoms with van der Waals surface area (Å²) in [6, 6.07) is 21.0. The van der Waals surface area contributed by atoms with Gasteiger partial charge in [0.25, 0.3) is 5.91 Å². The lowest BCUT2D eigenvalue weighted by Crippen LogP contribution is -2.37. The van der Waals surface area contributed by atoms with Crippen molar-refractivity contribution in [3.05, 3.63) is 95.3 Å². The van der Waals surface area contributed by atoms with Crippen molar-refractivity contribution in [2.45, 2.75) is 25.9 Å². The van der Waals surface area contributed by atoms with Crippen LogP contribution in [-0.2, 0) is 17.8 Å². The number of carbonyl (C=O) groups excluding carboxylic acids is 2. The third kappa shape index (κ3) is 6.84. The summed E-state index contributed by atoms with van der Waals surface area (Å²) in [6.07, 6.45) is 1.85. The molecular formula is C29H31FN2O4. The van der Waals surface area contributed by atoms with Gasteiger partial charge in [-0.3, -0.25) is 9.59 Å². The van der Waals surface area contributed by atoms with Crippen LogP contribution in [-0.4, -0.2) is 54.9 Å². The van der Waals surface area contributed by atoms with Crippen LogP contribution < -0.4 is 9.47 Å². The Bertz CT molecular complexity index is 1160. The Morgan fingerprint density at radius 1 is 0.833 bits per heavy atom. The van der Waals surface area contributed by atoms with Gasteiger partial charge in [0.15, 0.2) is 0 Å². The van der Waals surface area contributed by atoms with Gasteiger partial charge in [-0.25, -0.2) is 4.39 Å². The predicted molar refractivity (Wildman–Crippen MR) is 136 cm³/mol. The van der Waals surface area contributed by atoms with Gasteiger partial charge in [-0.05, 0) is 66.4 Å². The number of benzene rings is 3. The molecule has 0 N–H and O–H groups in total. The highest BCUT2D eigenvalue weighted by Crippen LogP contribution is 2.19. The summed E-state index contributed by atoms with van der Waals surface area (Å²) in [4.78, 5) is 29.6. The summed E-state index contributed by atoms with van der Waals surface area (Å²) < 4.78 is 24.1. The Morgan fingerprint density at radius 2 is 1.53 bits per heavy atom. The van der Waals surface area contributed by atoms with Gasteiger partial charge in [-0.15, -0.1) is 0 Å². The molecule has 36 heavy (non-hydrogen) atoms. The first-order valence-electron chi connectivity index (χ1n) is 12.2. The summed E-state index contributed by atoms with van der Waals surface area (Å²) in [5, 5.41) is 0. The normalized spacial score (nSPS) is 13.7. The van der Waals surface area contributed by atoms with E-state index in [1.807, 2.05) is 29.2 Å². The van der Waals surface area contributed by atoms with Crippen LogP contribution in [0.25, 0.3) is 0 Å². The topological polar surface area (TPSA) is 59.1 Å². The van der Waals surface area contributed by atoms with Crippen molar-refractivity contribution in [3.8, 4) is 11.5 Å². The summed E-state index contributed by atoms with van der Waals surface area (Å²) in [6.45, 7) is 2.55. The standard InChI is InChI=1S/C29H31FN2O4/c1-35-26-13-8-22(9-14-26)10-15-28(33)31-16-3-17-32(19-18-31)29(34)24-4-2-5-27(20-24)36-21-23-6-11-25(30)12-7-23/h2,4-9,11-14,20H,3,10,15-19,21H2,1H3. The van der Waals surface area contributed by atoms with E-state index in [1.165, 1.54) is 12.1 Å². The van der Waals surface area contributed by atoms with Gasteiger partial charge in [-0.2, -0.15) is 0 Å². The number of aryl methyl sites for hydroxylation is 1. The lowest BCUT2D eigenvalue weighted by atomic mass is 10.1. The molecule has 1 aliphatic rings. The maximum atomic E-state index is 13.2. The first kappa shape index (κ1) is 25.2. The zero-order chi connectivity index (χ0) is 25.3. The van der Waals surface area contributed by atoms with E-state index in [-0.39, 0.29) is 24.2 Å². The number of hydrogen-bond acceptors (Lipinski definition) is 4. The van der Waals surface area contributed by atoms with Gasteiger partial charge in [0, 0.05) is 38.2 Å². The number of carbonyl (C=O) groups is 2. The van der Waals surface area contributed by atoms with Crippen LogP contribution in [0.3, 0.4) is 0 Å². The summed E-state index contributed by atoms with van der Waals surface area (Å²) >= 11 is 0. The summed E-state index contributed by atoms with van der Waals surface area (Å²) in [5.41, 5.74) is 2.49. The minimum atomic E-state index is -0.290. The van der Waals surface area contributed by atoms with Crippen molar-refractivity contribution in [1.82, 2.24) is 9.80 Å². The fourth-order valence-electron chi connectivity index (χ4n) is 4.22. The van der Waals surface area contributed by atoms with Gasteiger partial charge >= 0.3 is 0 Å². The van der Waals surface area contributed by atoms with Gasteiger partial charge < -0.3 is 19.3 Å². The van der Waals surface area contributed by atoms with E-state index in [0.717, 1.165) is 23.3 Å². The van der Waals surface area contributed by atoms with Crippen LogP contribution >= 0.6 is 0 Å². The number of rotatable bonds is 8. The molecule has 0 spiro atoms. The molecule has 3 aromatic rings. The SMILES string of the molecule is COc1ccc(CCC(=O)N2CCCN(C(=O)c3cccc(OCc4ccc(F)cc4)c3)CC2)cc1. The maximum absolute atomic E-state index is 13.2. The van der Waals surface area contributed by atoms with Gasteiger partial charge in [0.05, 0.1) is 7.11 Å². The van der Waals surface area contributed by atoms with E-state index >= 15 is 0 Å². The zero-order valence-corrected chi connectivity index (χ0v) is 20.5. The second kappa shape index (κ2) is 12.2. The van der Waals surface area contributed by atoms with Crippen molar-refractivity contribution >= 4 is 11.8 Å². The quantitative estimate of drug-likeness (QED) is 0.459. The van der Waals surface area contributed by atoms with E-state index in [0.29, 0.717) is 50.3 Å². The van der Waals surface area contributed by atoms with Crippen molar-refractivity contribution in [2.24, 2.45) is 0 Å². The van der Waals surface area contributed by atoms with Gasteiger partial charge in [-0.1, -0.05) is 30.3 Å². The van der Waals surface area contributed by atoms with Crippen molar-refractivity contribution in [2.75, 3.05) is 33.3 Å². The van der Waals surface area contributed by atoms with Gasteiger partial charge in [0.2, 0.25) is 5.91 Å². The fraction of sp³-hybridized carbons (Fsp3) is 0.310. The van der Waals surface area contributed by atoms with E-state index < -0.39 is 0 Å². The number of methoxy groups -OCH3 is 1. The molecule has 0 aromatic heterocycles. The number of nitrogens with zero attached hydrogens (tertiary/aromatic N) is 2. The molecule has 0 radical (unpaired) electrons. The molecule has 2 amide bonds. The average molecular weight is 491 g/mol. The maximum Gasteiger partial charge on any atom is 0.254 e. The third-order valence-electron chi connectivity index (χ3n) is 6.32. The number of ether oxygens (including phenoxy) is 2. The number of halogens is 1. The van der Waals surface area contributed by atoms with E-state index in [9.17, 15) is 14.0 Å². The highest BCUT2D eigenvalue weighted by Gasteiger charge is 2.23. The smallest absolute Gasteiger partial charge is 0.254 e. The van der Waals surface area contributed by atoms with Crippen molar-refractivity contribution < 1.29 is 23.5 Å². The van der Waals surface area contributed by atoms with Crippen LogP contribution in [0.2, 0.25) is 0 Å². The van der Waals surface area contributed by atoms with Crippen molar-refractivity contribution in [3.63, 3.8) is 0 Å². The molecule has 1 fully saturated rings. The molecule has 0 saturated carbocycles. The predicted octanol–water partition coefficient (Wildman–Crippen LogP) is 4.72. The molecule has 6 nitrogen and oxygen atoms in total. The summed E-state index contributed by atoms with van der Waals surface area (Å²) in [7, 11) is 1.63. The molecule has 0 unspecified atom stereocenters. The number of hydrogen-bond donors (Lipinski definition) is 0. The second-order valence-electron chi connectivity index (χ2n) is 8.82. The third-order valence-corrected chi connectivity index (χ3v) is 6.32. The molecule has 0 atom stereocenters. The Kier molecular flexibility index (Phi) is 8.55. The first-order chi connectivity index (χ1) is 17.5. The van der Waals surface area contributed by atoms with Crippen LogP contribution in [0.15, 0.2) is 72.8 Å². The van der Waals surface area contributed by atoms with Crippen LogP contribution in [0.1, 0.15) is 34.3 Å². The molecule has 3 aromatic carbocycles. The lowest BCUT2D eigenvalue weighted by molar-refractivity contribution is -0.131.